The minimum atomic E-state index is -0.716. The summed E-state index contributed by atoms with van der Waals surface area (Å²) in [6.07, 6.45) is 3.14. The molecule has 1 aromatic rings. The maximum absolute atomic E-state index is 12.0. The molecule has 0 radical (unpaired) electrons. The van der Waals surface area contributed by atoms with Crippen LogP contribution in [0.3, 0.4) is 0 Å². The van der Waals surface area contributed by atoms with Crippen LogP contribution < -0.4 is 14.8 Å². The van der Waals surface area contributed by atoms with Crippen LogP contribution in [-0.4, -0.2) is 37.6 Å². The lowest BCUT2D eigenvalue weighted by atomic mass is 10.0. The Morgan fingerprint density at radius 1 is 1.19 bits per heavy atom. The number of carbonyl (C=O) groups excluding carboxylic acids is 3. The van der Waals surface area contributed by atoms with Gasteiger partial charge in [-0.3, -0.25) is 9.59 Å². The first-order valence-corrected chi connectivity index (χ1v) is 8.38. The first-order valence-electron chi connectivity index (χ1n) is 8.38. The first kappa shape index (κ1) is 19.5. The van der Waals surface area contributed by atoms with Crippen LogP contribution in [0.2, 0.25) is 0 Å². The summed E-state index contributed by atoms with van der Waals surface area (Å²) >= 11 is 0. The molecular formula is C19H23NO6. The number of fused-ring (bicyclic) bond motifs is 1. The smallest absolute Gasteiger partial charge is 0.328 e. The molecule has 0 unspecified atom stereocenters. The van der Waals surface area contributed by atoms with E-state index in [9.17, 15) is 14.4 Å². The normalized spacial score (nSPS) is 13.7. The SMILES string of the molecule is COC(=O)[C@@H](NC(=O)CCC(=O)/C=C/c1ccc2c(c1)OCO2)C(C)C. The minimum absolute atomic E-state index is 0.00449. The molecule has 7 nitrogen and oxygen atoms in total. The molecule has 0 saturated carbocycles. The summed E-state index contributed by atoms with van der Waals surface area (Å²) in [5, 5.41) is 2.60. The van der Waals surface area contributed by atoms with Crippen LogP contribution in [0, 0.1) is 5.92 Å². The molecule has 1 heterocycles. The van der Waals surface area contributed by atoms with Crippen molar-refractivity contribution in [2.45, 2.75) is 32.7 Å². The third kappa shape index (κ3) is 5.34. The van der Waals surface area contributed by atoms with Crippen molar-refractivity contribution in [2.24, 2.45) is 5.92 Å². The highest BCUT2D eigenvalue weighted by molar-refractivity contribution is 5.96. The number of carbonyl (C=O) groups is 3. The molecular weight excluding hydrogens is 338 g/mol. The number of methoxy groups -OCH3 is 1. The van der Waals surface area contributed by atoms with Gasteiger partial charge in [0.1, 0.15) is 6.04 Å². The average Bonchev–Trinajstić information content (AvgIpc) is 3.09. The van der Waals surface area contributed by atoms with Gasteiger partial charge in [-0.25, -0.2) is 4.79 Å². The van der Waals surface area contributed by atoms with Gasteiger partial charge in [0, 0.05) is 12.8 Å². The Hall–Kier alpha value is -2.83. The topological polar surface area (TPSA) is 90.9 Å². The summed E-state index contributed by atoms with van der Waals surface area (Å²) in [4.78, 5) is 35.5. The van der Waals surface area contributed by atoms with Crippen molar-refractivity contribution < 1.29 is 28.6 Å². The van der Waals surface area contributed by atoms with Crippen molar-refractivity contribution >= 4 is 23.7 Å². The number of esters is 1. The second-order valence-electron chi connectivity index (χ2n) is 6.22. The zero-order chi connectivity index (χ0) is 19.1. The molecule has 0 saturated heterocycles. The van der Waals surface area contributed by atoms with Crippen molar-refractivity contribution in [3.8, 4) is 11.5 Å². The van der Waals surface area contributed by atoms with Gasteiger partial charge in [-0.15, -0.1) is 0 Å². The highest BCUT2D eigenvalue weighted by atomic mass is 16.7. The van der Waals surface area contributed by atoms with Crippen molar-refractivity contribution in [1.82, 2.24) is 5.32 Å². The molecule has 0 spiro atoms. The molecule has 1 atom stereocenters. The van der Waals surface area contributed by atoms with Gasteiger partial charge in [-0.05, 0) is 29.7 Å². The van der Waals surface area contributed by atoms with E-state index in [4.69, 9.17) is 9.47 Å². The number of benzene rings is 1. The molecule has 0 bridgehead atoms. The molecule has 2 rings (SSSR count). The van der Waals surface area contributed by atoms with Crippen molar-refractivity contribution in [3.05, 3.63) is 29.8 Å². The summed E-state index contributed by atoms with van der Waals surface area (Å²) in [7, 11) is 1.27. The Labute approximate surface area is 152 Å². The molecule has 1 aliphatic heterocycles. The third-order valence-corrected chi connectivity index (χ3v) is 3.90. The number of ketones is 1. The lowest BCUT2D eigenvalue weighted by Crippen LogP contribution is -2.45. The maximum Gasteiger partial charge on any atom is 0.328 e. The van der Waals surface area contributed by atoms with Crippen molar-refractivity contribution in [1.29, 1.82) is 0 Å². The zero-order valence-corrected chi connectivity index (χ0v) is 15.1. The largest absolute Gasteiger partial charge is 0.467 e. The Morgan fingerprint density at radius 2 is 1.92 bits per heavy atom. The maximum atomic E-state index is 12.0. The van der Waals surface area contributed by atoms with Gasteiger partial charge in [-0.2, -0.15) is 0 Å². The number of hydrogen-bond acceptors (Lipinski definition) is 6. The Bertz CT molecular complexity index is 710. The van der Waals surface area contributed by atoms with Gasteiger partial charge >= 0.3 is 5.97 Å². The van der Waals surface area contributed by atoms with Gasteiger partial charge in [0.15, 0.2) is 17.3 Å². The van der Waals surface area contributed by atoms with Crippen LogP contribution in [0.4, 0.5) is 0 Å². The molecule has 0 aromatic heterocycles. The average molecular weight is 361 g/mol. The summed E-state index contributed by atoms with van der Waals surface area (Å²) in [5.74, 6) is 0.170. The van der Waals surface area contributed by atoms with Crippen LogP contribution >= 0.6 is 0 Å². The Kier molecular flexibility index (Phi) is 6.77. The van der Waals surface area contributed by atoms with Crippen LogP contribution in [0.5, 0.6) is 11.5 Å². The van der Waals surface area contributed by atoms with E-state index in [0.717, 1.165) is 5.56 Å². The van der Waals surface area contributed by atoms with Gasteiger partial charge in [0.25, 0.3) is 0 Å². The number of ether oxygens (including phenoxy) is 3. The second kappa shape index (κ2) is 9.03. The van der Waals surface area contributed by atoms with E-state index in [1.165, 1.54) is 13.2 Å². The summed E-state index contributed by atoms with van der Waals surface area (Å²) in [6, 6.07) is 4.65. The highest BCUT2D eigenvalue weighted by Gasteiger charge is 2.24. The molecule has 140 valence electrons. The quantitative estimate of drug-likeness (QED) is 0.563. The number of hydrogen-bond donors (Lipinski definition) is 1. The first-order chi connectivity index (χ1) is 12.4. The standard InChI is InChI=1S/C19H23NO6/c1-12(2)18(19(23)24-3)20-17(22)9-7-14(21)6-4-13-5-8-15-16(10-13)26-11-25-15/h4-6,8,10,12,18H,7,9,11H2,1-3H3,(H,20,22)/b6-4+/t18-/m0/s1. The van der Waals surface area contributed by atoms with Crippen LogP contribution in [0.1, 0.15) is 32.3 Å². The molecule has 0 fully saturated rings. The predicted molar refractivity (Wildman–Crippen MR) is 94.6 cm³/mol. The number of allylic oxidation sites excluding steroid dienone is 1. The predicted octanol–water partition coefficient (Wildman–Crippen LogP) is 2.09. The molecule has 1 aromatic carbocycles. The van der Waals surface area contributed by atoms with Crippen LogP contribution in [0.25, 0.3) is 6.08 Å². The van der Waals surface area contributed by atoms with E-state index in [1.54, 1.807) is 32.1 Å². The monoisotopic (exact) mass is 361 g/mol. The van der Waals surface area contributed by atoms with E-state index in [1.807, 2.05) is 6.07 Å². The molecule has 1 N–H and O–H groups in total. The second-order valence-corrected chi connectivity index (χ2v) is 6.22. The lowest BCUT2D eigenvalue weighted by molar-refractivity contribution is -0.146. The van der Waals surface area contributed by atoms with Gasteiger partial charge < -0.3 is 19.5 Å². The third-order valence-electron chi connectivity index (χ3n) is 3.90. The van der Waals surface area contributed by atoms with Crippen LogP contribution in [0.15, 0.2) is 24.3 Å². The minimum Gasteiger partial charge on any atom is -0.467 e. The van der Waals surface area contributed by atoms with E-state index >= 15 is 0 Å². The molecule has 26 heavy (non-hydrogen) atoms. The van der Waals surface area contributed by atoms with Gasteiger partial charge in [-0.1, -0.05) is 26.0 Å². The number of rotatable bonds is 8. The van der Waals surface area contributed by atoms with Crippen LogP contribution in [-0.2, 0) is 19.1 Å². The fourth-order valence-corrected chi connectivity index (χ4v) is 2.40. The molecule has 7 heteroatoms. The van der Waals surface area contributed by atoms with Gasteiger partial charge in [0.2, 0.25) is 12.7 Å². The summed E-state index contributed by atoms with van der Waals surface area (Å²) in [5.41, 5.74) is 0.803. The number of amides is 1. The number of nitrogens with one attached hydrogen (secondary N) is 1. The summed E-state index contributed by atoms with van der Waals surface area (Å²) < 4.78 is 15.2. The molecule has 0 aliphatic carbocycles. The van der Waals surface area contributed by atoms with E-state index in [0.29, 0.717) is 11.5 Å². The fraction of sp³-hybridized carbons (Fsp3) is 0.421. The lowest BCUT2D eigenvalue weighted by Gasteiger charge is -2.19. The Balaban J connectivity index is 1.82. The Morgan fingerprint density at radius 3 is 2.62 bits per heavy atom. The van der Waals surface area contributed by atoms with E-state index < -0.39 is 12.0 Å². The zero-order valence-electron chi connectivity index (χ0n) is 15.1. The van der Waals surface area contributed by atoms with Gasteiger partial charge in [0.05, 0.1) is 7.11 Å². The summed E-state index contributed by atoms with van der Waals surface area (Å²) in [6.45, 7) is 3.81. The highest BCUT2D eigenvalue weighted by Crippen LogP contribution is 2.32. The molecule has 1 amide bonds. The van der Waals surface area contributed by atoms with Crippen molar-refractivity contribution in [2.75, 3.05) is 13.9 Å². The van der Waals surface area contributed by atoms with E-state index in [-0.39, 0.29) is 37.2 Å². The van der Waals surface area contributed by atoms with Crippen molar-refractivity contribution in [3.63, 3.8) is 0 Å². The molecule has 1 aliphatic rings. The fourth-order valence-electron chi connectivity index (χ4n) is 2.40. The van der Waals surface area contributed by atoms with E-state index in [2.05, 4.69) is 10.1 Å².